The standard InChI is InChI=1S/C17H19N3O/c1-19-16-8-14-11-20(9-12-5-3-2-4-6-12)10-13(14)7-15(16)18-17(19)21/h2-8,17-18,21H,9-11H2,1H3. The van der Waals surface area contributed by atoms with Crippen LogP contribution in [0.25, 0.3) is 0 Å². The molecular weight excluding hydrogens is 262 g/mol. The van der Waals surface area contributed by atoms with Crippen LogP contribution < -0.4 is 10.2 Å². The second-order valence-electron chi connectivity index (χ2n) is 5.90. The Hall–Kier alpha value is -2.04. The van der Waals surface area contributed by atoms with Gasteiger partial charge >= 0.3 is 0 Å². The highest BCUT2D eigenvalue weighted by molar-refractivity contribution is 5.77. The zero-order valence-electron chi connectivity index (χ0n) is 12.1. The van der Waals surface area contributed by atoms with Gasteiger partial charge in [-0.3, -0.25) is 4.90 Å². The summed E-state index contributed by atoms with van der Waals surface area (Å²) in [6.07, 6.45) is -0.608. The summed E-state index contributed by atoms with van der Waals surface area (Å²) in [7, 11) is 1.91. The number of benzene rings is 2. The molecule has 21 heavy (non-hydrogen) atoms. The highest BCUT2D eigenvalue weighted by Crippen LogP contribution is 2.38. The lowest BCUT2D eigenvalue weighted by atomic mass is 10.1. The second kappa shape index (κ2) is 4.76. The average molecular weight is 281 g/mol. The molecule has 0 fully saturated rings. The predicted octanol–water partition coefficient (Wildman–Crippen LogP) is 2.34. The Labute approximate surface area is 124 Å². The molecule has 2 aromatic rings. The van der Waals surface area contributed by atoms with Crippen molar-refractivity contribution < 1.29 is 5.11 Å². The Kier molecular flexibility index (Phi) is 2.87. The average Bonchev–Trinajstić information content (AvgIpc) is 2.99. The number of rotatable bonds is 2. The van der Waals surface area contributed by atoms with Crippen LogP contribution in [-0.2, 0) is 19.6 Å². The first-order valence-electron chi connectivity index (χ1n) is 7.30. The number of fused-ring (bicyclic) bond motifs is 2. The normalized spacial score (nSPS) is 20.3. The van der Waals surface area contributed by atoms with Gasteiger partial charge in [-0.2, -0.15) is 0 Å². The summed E-state index contributed by atoms with van der Waals surface area (Å²) in [5, 5.41) is 12.9. The molecule has 4 nitrogen and oxygen atoms in total. The van der Waals surface area contributed by atoms with Crippen LogP contribution in [0.3, 0.4) is 0 Å². The van der Waals surface area contributed by atoms with Crippen LogP contribution >= 0.6 is 0 Å². The maximum Gasteiger partial charge on any atom is 0.205 e. The number of aliphatic hydroxyl groups is 1. The van der Waals surface area contributed by atoms with Crippen LogP contribution in [0.4, 0.5) is 11.4 Å². The van der Waals surface area contributed by atoms with E-state index in [0.29, 0.717) is 0 Å². The number of anilines is 2. The minimum absolute atomic E-state index is 0.608. The number of nitrogens with one attached hydrogen (secondary N) is 1. The summed E-state index contributed by atoms with van der Waals surface area (Å²) < 4.78 is 0. The number of aliphatic hydroxyl groups excluding tert-OH is 1. The van der Waals surface area contributed by atoms with Gasteiger partial charge in [0.05, 0.1) is 11.4 Å². The largest absolute Gasteiger partial charge is 0.356 e. The summed E-state index contributed by atoms with van der Waals surface area (Å²) >= 11 is 0. The van der Waals surface area contributed by atoms with Gasteiger partial charge in [0, 0.05) is 26.7 Å². The first-order chi connectivity index (χ1) is 10.2. The second-order valence-corrected chi connectivity index (χ2v) is 5.90. The van der Waals surface area contributed by atoms with E-state index < -0.39 is 6.35 Å². The third kappa shape index (κ3) is 2.17. The molecule has 0 aliphatic carbocycles. The fourth-order valence-corrected chi connectivity index (χ4v) is 3.24. The maximum absolute atomic E-state index is 9.84. The van der Waals surface area contributed by atoms with Crippen molar-refractivity contribution in [2.24, 2.45) is 0 Å². The summed E-state index contributed by atoms with van der Waals surface area (Å²) in [6.45, 7) is 2.92. The molecule has 0 aromatic heterocycles. The first kappa shape index (κ1) is 12.7. The van der Waals surface area contributed by atoms with Crippen LogP contribution in [-0.4, -0.2) is 23.4 Å². The van der Waals surface area contributed by atoms with Gasteiger partial charge in [-0.05, 0) is 28.8 Å². The van der Waals surface area contributed by atoms with Crippen molar-refractivity contribution in [2.75, 3.05) is 17.3 Å². The van der Waals surface area contributed by atoms with Crippen molar-refractivity contribution in [1.82, 2.24) is 4.90 Å². The first-order valence-corrected chi connectivity index (χ1v) is 7.30. The van der Waals surface area contributed by atoms with Gasteiger partial charge in [-0.25, -0.2) is 0 Å². The van der Waals surface area contributed by atoms with E-state index in [4.69, 9.17) is 0 Å². The molecule has 0 amide bonds. The fraction of sp³-hybridized carbons (Fsp3) is 0.294. The van der Waals surface area contributed by atoms with Gasteiger partial charge in [0.2, 0.25) is 6.35 Å². The molecule has 2 heterocycles. The summed E-state index contributed by atoms with van der Waals surface area (Å²) in [4.78, 5) is 4.32. The van der Waals surface area contributed by atoms with Crippen LogP contribution in [0, 0.1) is 0 Å². The molecule has 2 aliphatic rings. The third-order valence-corrected chi connectivity index (χ3v) is 4.39. The van der Waals surface area contributed by atoms with Gasteiger partial charge in [0.15, 0.2) is 0 Å². The molecule has 2 aromatic carbocycles. The quantitative estimate of drug-likeness (QED) is 0.886. The van der Waals surface area contributed by atoms with Crippen LogP contribution in [0.5, 0.6) is 0 Å². The Bertz CT molecular complexity index is 671. The van der Waals surface area contributed by atoms with E-state index in [1.165, 1.54) is 16.7 Å². The fourth-order valence-electron chi connectivity index (χ4n) is 3.24. The van der Waals surface area contributed by atoms with Gasteiger partial charge in [-0.1, -0.05) is 30.3 Å². The van der Waals surface area contributed by atoms with Crippen LogP contribution in [0.2, 0.25) is 0 Å². The molecule has 108 valence electrons. The third-order valence-electron chi connectivity index (χ3n) is 4.39. The lowest BCUT2D eigenvalue weighted by Gasteiger charge is -2.16. The Morgan fingerprint density at radius 3 is 2.62 bits per heavy atom. The molecule has 0 bridgehead atoms. The minimum atomic E-state index is -0.608. The summed E-state index contributed by atoms with van der Waals surface area (Å²) in [5.74, 6) is 0. The highest BCUT2D eigenvalue weighted by atomic mass is 16.3. The Morgan fingerprint density at radius 1 is 1.14 bits per heavy atom. The molecule has 0 radical (unpaired) electrons. The SMILES string of the molecule is CN1c2cc3c(cc2NC1O)CN(Cc1ccccc1)C3. The van der Waals surface area contributed by atoms with Crippen molar-refractivity contribution in [3.05, 3.63) is 59.2 Å². The number of nitrogens with zero attached hydrogens (tertiary/aromatic N) is 2. The van der Waals surface area contributed by atoms with Gasteiger partial charge in [-0.15, -0.1) is 0 Å². The number of hydrogen-bond acceptors (Lipinski definition) is 4. The van der Waals surface area contributed by atoms with E-state index in [1.54, 1.807) is 0 Å². The van der Waals surface area contributed by atoms with Crippen molar-refractivity contribution in [1.29, 1.82) is 0 Å². The monoisotopic (exact) mass is 281 g/mol. The maximum atomic E-state index is 9.84. The van der Waals surface area contributed by atoms with Crippen molar-refractivity contribution in [3.63, 3.8) is 0 Å². The van der Waals surface area contributed by atoms with E-state index in [0.717, 1.165) is 31.0 Å². The van der Waals surface area contributed by atoms with Gasteiger partial charge in [0.1, 0.15) is 0 Å². The topological polar surface area (TPSA) is 38.7 Å². The zero-order valence-corrected chi connectivity index (χ0v) is 12.1. The Balaban J connectivity index is 1.56. The summed E-state index contributed by atoms with van der Waals surface area (Å²) in [5.41, 5.74) is 6.20. The van der Waals surface area contributed by atoms with E-state index in [1.807, 2.05) is 11.9 Å². The highest BCUT2D eigenvalue weighted by Gasteiger charge is 2.28. The van der Waals surface area contributed by atoms with E-state index >= 15 is 0 Å². The van der Waals surface area contributed by atoms with E-state index in [-0.39, 0.29) is 0 Å². The molecule has 2 N–H and O–H groups in total. The molecule has 0 spiro atoms. The lowest BCUT2D eigenvalue weighted by Crippen LogP contribution is -2.31. The molecular formula is C17H19N3O. The van der Waals surface area contributed by atoms with Gasteiger partial charge < -0.3 is 15.3 Å². The van der Waals surface area contributed by atoms with Crippen molar-refractivity contribution in [2.45, 2.75) is 26.0 Å². The molecule has 1 unspecified atom stereocenters. The van der Waals surface area contributed by atoms with Crippen LogP contribution in [0.1, 0.15) is 16.7 Å². The van der Waals surface area contributed by atoms with Crippen molar-refractivity contribution >= 4 is 11.4 Å². The van der Waals surface area contributed by atoms with Crippen molar-refractivity contribution in [3.8, 4) is 0 Å². The zero-order chi connectivity index (χ0) is 14.4. The Morgan fingerprint density at radius 2 is 1.86 bits per heavy atom. The molecule has 1 atom stereocenters. The predicted molar refractivity (Wildman–Crippen MR) is 83.9 cm³/mol. The molecule has 0 saturated heterocycles. The van der Waals surface area contributed by atoms with Crippen LogP contribution in [0.15, 0.2) is 42.5 Å². The smallest absolute Gasteiger partial charge is 0.205 e. The molecule has 4 rings (SSSR count). The molecule has 2 aliphatic heterocycles. The molecule has 0 saturated carbocycles. The van der Waals surface area contributed by atoms with Gasteiger partial charge in [0.25, 0.3) is 0 Å². The van der Waals surface area contributed by atoms with E-state index in [9.17, 15) is 5.11 Å². The number of hydrogen-bond donors (Lipinski definition) is 2. The lowest BCUT2D eigenvalue weighted by molar-refractivity contribution is 0.210. The molecule has 4 heteroatoms. The minimum Gasteiger partial charge on any atom is -0.356 e. The van der Waals surface area contributed by atoms with E-state index in [2.05, 4.69) is 52.7 Å². The summed E-state index contributed by atoms with van der Waals surface area (Å²) in [6, 6.07) is 15.0.